The lowest BCUT2D eigenvalue weighted by molar-refractivity contribution is -0.00554. The molecule has 27 heavy (non-hydrogen) atoms. The summed E-state index contributed by atoms with van der Waals surface area (Å²) in [6, 6.07) is 1.33. The number of nitrogens with zero attached hydrogens (tertiary/aromatic N) is 3. The Kier molecular flexibility index (Phi) is 5.68. The zero-order valence-electron chi connectivity index (χ0n) is 15.0. The van der Waals surface area contributed by atoms with E-state index in [1.54, 1.807) is 4.90 Å². The van der Waals surface area contributed by atoms with Gasteiger partial charge in [0.15, 0.2) is 16.6 Å². The lowest BCUT2D eigenvalue weighted by Gasteiger charge is -2.38. The molecule has 7 nitrogen and oxygen atoms in total. The maximum atomic E-state index is 15.0. The molecular weight excluding hydrogens is 380 g/mol. The van der Waals surface area contributed by atoms with Crippen LogP contribution in [0.25, 0.3) is 10.6 Å². The molecule has 2 aromatic rings. The maximum absolute atomic E-state index is 15.0. The van der Waals surface area contributed by atoms with Crippen molar-refractivity contribution in [3.8, 4) is 10.6 Å². The highest BCUT2D eigenvalue weighted by molar-refractivity contribution is 7.16. The van der Waals surface area contributed by atoms with E-state index in [1.807, 2.05) is 13.8 Å². The van der Waals surface area contributed by atoms with Crippen molar-refractivity contribution in [3.05, 3.63) is 28.3 Å². The predicted molar refractivity (Wildman–Crippen MR) is 94.7 cm³/mol. The standard InChI is InChI=1S/C17H19F2N3O4S/c1-8-5-22(6-9(2)26-8)14-10(7-23)4-11(12(18)13(14)19)15-20-21-16(27-15)17(24)25-3/h4,8-9,23H,5-7H2,1-3H3. The first-order chi connectivity index (χ1) is 12.8. The minimum atomic E-state index is -1.11. The van der Waals surface area contributed by atoms with E-state index in [-0.39, 0.29) is 39.0 Å². The average molecular weight is 399 g/mol. The van der Waals surface area contributed by atoms with Crippen molar-refractivity contribution in [2.45, 2.75) is 32.7 Å². The van der Waals surface area contributed by atoms with Gasteiger partial charge in [-0.3, -0.25) is 0 Å². The van der Waals surface area contributed by atoms with Crippen LogP contribution in [0.3, 0.4) is 0 Å². The van der Waals surface area contributed by atoms with Gasteiger partial charge in [-0.05, 0) is 19.9 Å². The molecule has 1 saturated heterocycles. The number of carbonyl (C=O) groups excluding carboxylic acids is 1. The number of aliphatic hydroxyl groups excluding tert-OH is 1. The van der Waals surface area contributed by atoms with E-state index < -0.39 is 24.2 Å². The smallest absolute Gasteiger partial charge is 0.369 e. The highest BCUT2D eigenvalue weighted by atomic mass is 32.1. The summed E-state index contributed by atoms with van der Waals surface area (Å²) in [6.45, 7) is 3.96. The number of esters is 1. The Hall–Kier alpha value is -2.17. The molecule has 10 heteroatoms. The SMILES string of the molecule is COC(=O)c1nnc(-c2cc(CO)c(N3CC(C)OC(C)C3)c(F)c2F)s1. The molecule has 0 saturated carbocycles. The Morgan fingerprint density at radius 2 is 2.00 bits per heavy atom. The van der Waals surface area contributed by atoms with Crippen LogP contribution >= 0.6 is 11.3 Å². The number of hydrogen-bond acceptors (Lipinski definition) is 8. The van der Waals surface area contributed by atoms with Crippen LogP contribution in [0.4, 0.5) is 14.5 Å². The van der Waals surface area contributed by atoms with E-state index in [0.29, 0.717) is 13.1 Å². The van der Waals surface area contributed by atoms with Crippen molar-refractivity contribution in [3.63, 3.8) is 0 Å². The summed E-state index contributed by atoms with van der Waals surface area (Å²) in [7, 11) is 1.19. The van der Waals surface area contributed by atoms with Gasteiger partial charge < -0.3 is 19.5 Å². The lowest BCUT2D eigenvalue weighted by atomic mass is 10.0. The van der Waals surface area contributed by atoms with E-state index in [1.165, 1.54) is 13.2 Å². The molecule has 0 aliphatic carbocycles. The Labute approximate surface area is 158 Å². The van der Waals surface area contributed by atoms with Crippen LogP contribution in [0, 0.1) is 11.6 Å². The molecule has 3 rings (SSSR count). The minimum Gasteiger partial charge on any atom is -0.464 e. The van der Waals surface area contributed by atoms with Gasteiger partial charge in [0.1, 0.15) is 0 Å². The van der Waals surface area contributed by atoms with Crippen LogP contribution in [-0.4, -0.2) is 53.7 Å². The number of hydrogen-bond donors (Lipinski definition) is 1. The molecule has 1 aliphatic rings. The lowest BCUT2D eigenvalue weighted by Crippen LogP contribution is -2.46. The van der Waals surface area contributed by atoms with E-state index in [0.717, 1.165) is 11.3 Å². The van der Waals surface area contributed by atoms with E-state index in [2.05, 4.69) is 14.9 Å². The second-order valence-electron chi connectivity index (χ2n) is 6.28. The Bertz CT molecular complexity index is 851. The van der Waals surface area contributed by atoms with E-state index in [9.17, 15) is 18.7 Å². The normalized spacial score (nSPS) is 20.0. The molecule has 0 radical (unpaired) electrons. The zero-order valence-corrected chi connectivity index (χ0v) is 15.8. The van der Waals surface area contributed by atoms with Gasteiger partial charge in [-0.25, -0.2) is 13.6 Å². The van der Waals surface area contributed by atoms with Gasteiger partial charge in [0, 0.05) is 18.7 Å². The average Bonchev–Trinajstić information content (AvgIpc) is 3.12. The molecule has 0 spiro atoms. The Morgan fingerprint density at radius 1 is 1.33 bits per heavy atom. The van der Waals surface area contributed by atoms with Crippen molar-refractivity contribution in [1.82, 2.24) is 10.2 Å². The quantitative estimate of drug-likeness (QED) is 0.790. The first-order valence-electron chi connectivity index (χ1n) is 8.30. The number of aliphatic hydroxyl groups is 1. The summed E-state index contributed by atoms with van der Waals surface area (Å²) in [4.78, 5) is 13.2. The monoisotopic (exact) mass is 399 g/mol. The van der Waals surface area contributed by atoms with Crippen molar-refractivity contribution in [2.75, 3.05) is 25.1 Å². The maximum Gasteiger partial charge on any atom is 0.369 e. The summed E-state index contributed by atoms with van der Waals surface area (Å²) in [6.07, 6.45) is -0.318. The Balaban J connectivity index is 2.05. The molecule has 1 N–H and O–H groups in total. The van der Waals surface area contributed by atoms with Gasteiger partial charge in [0.25, 0.3) is 0 Å². The third kappa shape index (κ3) is 3.78. The number of halogens is 2. The summed E-state index contributed by atoms with van der Waals surface area (Å²) in [5, 5.41) is 17.1. The third-order valence-corrected chi connectivity index (χ3v) is 5.12. The number of aromatic nitrogens is 2. The van der Waals surface area contributed by atoms with Crippen molar-refractivity contribution >= 4 is 23.0 Å². The second-order valence-corrected chi connectivity index (χ2v) is 7.26. The van der Waals surface area contributed by atoms with Gasteiger partial charge >= 0.3 is 5.97 Å². The minimum absolute atomic E-state index is 0.0125. The first kappa shape index (κ1) is 19.6. The molecule has 1 fully saturated rings. The molecule has 0 amide bonds. The Morgan fingerprint density at radius 3 is 2.59 bits per heavy atom. The number of benzene rings is 1. The molecule has 1 aliphatic heterocycles. The van der Waals surface area contributed by atoms with Crippen LogP contribution in [0.5, 0.6) is 0 Å². The molecule has 2 unspecified atom stereocenters. The highest BCUT2D eigenvalue weighted by Gasteiger charge is 2.30. The van der Waals surface area contributed by atoms with Crippen molar-refractivity contribution in [1.29, 1.82) is 0 Å². The van der Waals surface area contributed by atoms with Gasteiger partial charge in [-0.1, -0.05) is 11.3 Å². The predicted octanol–water partition coefficient (Wildman–Crippen LogP) is 2.38. The van der Waals surface area contributed by atoms with Gasteiger partial charge in [0.2, 0.25) is 5.01 Å². The zero-order chi connectivity index (χ0) is 19.7. The number of rotatable bonds is 4. The first-order valence-corrected chi connectivity index (χ1v) is 9.11. The molecule has 1 aromatic carbocycles. The molecular formula is C17H19F2N3O4S. The number of anilines is 1. The topological polar surface area (TPSA) is 84.8 Å². The van der Waals surface area contributed by atoms with Crippen LogP contribution < -0.4 is 4.90 Å². The van der Waals surface area contributed by atoms with Crippen molar-refractivity contribution < 1.29 is 28.2 Å². The number of ether oxygens (including phenoxy) is 2. The fourth-order valence-electron chi connectivity index (χ4n) is 3.15. The largest absolute Gasteiger partial charge is 0.464 e. The number of methoxy groups -OCH3 is 1. The van der Waals surface area contributed by atoms with Crippen LogP contribution in [0.2, 0.25) is 0 Å². The van der Waals surface area contributed by atoms with Crippen LogP contribution in [0.15, 0.2) is 6.07 Å². The number of carbonyl (C=O) groups is 1. The van der Waals surface area contributed by atoms with Gasteiger partial charge in [-0.2, -0.15) is 0 Å². The second kappa shape index (κ2) is 7.83. The van der Waals surface area contributed by atoms with Crippen LogP contribution in [0.1, 0.15) is 29.2 Å². The fraction of sp³-hybridized carbons (Fsp3) is 0.471. The highest BCUT2D eigenvalue weighted by Crippen LogP contribution is 2.36. The van der Waals surface area contributed by atoms with Gasteiger partial charge in [-0.15, -0.1) is 10.2 Å². The van der Waals surface area contributed by atoms with Gasteiger partial charge in [0.05, 0.1) is 37.2 Å². The molecule has 1 aromatic heterocycles. The molecule has 2 heterocycles. The van der Waals surface area contributed by atoms with E-state index >= 15 is 0 Å². The summed E-state index contributed by atoms with van der Waals surface area (Å²) in [5.74, 6) is -2.90. The summed E-state index contributed by atoms with van der Waals surface area (Å²) >= 11 is 0.784. The molecule has 2 atom stereocenters. The third-order valence-electron chi connectivity index (χ3n) is 4.18. The van der Waals surface area contributed by atoms with Crippen molar-refractivity contribution in [2.24, 2.45) is 0 Å². The summed E-state index contributed by atoms with van der Waals surface area (Å²) in [5.41, 5.74) is 0.0702. The van der Waals surface area contributed by atoms with E-state index in [4.69, 9.17) is 4.74 Å². The molecule has 0 bridgehead atoms. The molecule has 146 valence electrons. The number of morpholine rings is 1. The van der Waals surface area contributed by atoms with Crippen LogP contribution in [-0.2, 0) is 16.1 Å². The summed E-state index contributed by atoms with van der Waals surface area (Å²) < 4.78 is 40.0. The fourth-order valence-corrected chi connectivity index (χ4v) is 3.92.